The van der Waals surface area contributed by atoms with Gasteiger partial charge in [-0.1, -0.05) is 32.8 Å². The predicted molar refractivity (Wildman–Crippen MR) is 78.2 cm³/mol. The van der Waals surface area contributed by atoms with E-state index in [-0.39, 0.29) is 17.0 Å². The van der Waals surface area contributed by atoms with Gasteiger partial charge in [0.15, 0.2) is 0 Å². The van der Waals surface area contributed by atoms with E-state index in [1.54, 1.807) is 0 Å². The maximum Gasteiger partial charge on any atom is 0.386 e. The first-order chi connectivity index (χ1) is 10.5. The second-order valence-corrected chi connectivity index (χ2v) is 4.91. The van der Waals surface area contributed by atoms with E-state index in [1.807, 2.05) is 13.8 Å². The van der Waals surface area contributed by atoms with Gasteiger partial charge in [0.25, 0.3) is 0 Å². The molecule has 22 heavy (non-hydrogen) atoms. The molecule has 0 aliphatic rings. The fourth-order valence-electron chi connectivity index (χ4n) is 1.91. The molecule has 0 fully saturated rings. The molecular weight excluding hydrogens is 288 g/mol. The summed E-state index contributed by atoms with van der Waals surface area (Å²) in [5.41, 5.74) is -0.0375. The summed E-state index contributed by atoms with van der Waals surface area (Å²) in [6, 6.07) is 5.31. The largest absolute Gasteiger partial charge is 0.478 e. The normalized spacial score (nSPS) is 11.5. The summed E-state index contributed by atoms with van der Waals surface area (Å²) in [5, 5.41) is 8.86. The summed E-state index contributed by atoms with van der Waals surface area (Å²) >= 11 is 0. The minimum absolute atomic E-state index is 0.00862. The molecule has 1 N–H and O–H groups in total. The maximum atomic E-state index is 11.8. The molecule has 0 saturated carbocycles. The molecule has 6 heteroatoms. The van der Waals surface area contributed by atoms with Gasteiger partial charge in [-0.25, -0.2) is 24.2 Å². The van der Waals surface area contributed by atoms with Crippen LogP contribution in [0.25, 0.3) is 0 Å². The standard InChI is InChI=1S/C16H20O6/c1-3-5-7-11(4-2)15(19)21-22-16(20)13-9-6-8-12(10-13)14(17)18/h6,8-11H,3-5,7H2,1-2H3,(H,17,18). The molecule has 0 spiro atoms. The number of rotatable bonds is 7. The van der Waals surface area contributed by atoms with Crippen LogP contribution in [0, 0.1) is 5.92 Å². The number of hydrogen-bond donors (Lipinski definition) is 1. The second-order valence-electron chi connectivity index (χ2n) is 4.91. The highest BCUT2D eigenvalue weighted by molar-refractivity contribution is 5.94. The molecule has 120 valence electrons. The van der Waals surface area contributed by atoms with Crippen molar-refractivity contribution in [3.05, 3.63) is 35.4 Å². The molecule has 0 amide bonds. The van der Waals surface area contributed by atoms with Crippen LogP contribution in [-0.4, -0.2) is 23.0 Å². The van der Waals surface area contributed by atoms with Crippen molar-refractivity contribution in [1.82, 2.24) is 0 Å². The lowest BCUT2D eigenvalue weighted by Gasteiger charge is -2.11. The molecule has 1 atom stereocenters. The number of aromatic carboxylic acids is 1. The number of unbranched alkanes of at least 4 members (excludes halogenated alkanes) is 1. The molecule has 6 nitrogen and oxygen atoms in total. The molecule has 0 aliphatic heterocycles. The number of carbonyl (C=O) groups is 3. The topological polar surface area (TPSA) is 89.9 Å². The highest BCUT2D eigenvalue weighted by atomic mass is 17.2. The van der Waals surface area contributed by atoms with Crippen LogP contribution < -0.4 is 0 Å². The van der Waals surface area contributed by atoms with Crippen molar-refractivity contribution in [3.63, 3.8) is 0 Å². The molecule has 1 unspecified atom stereocenters. The van der Waals surface area contributed by atoms with Crippen LogP contribution in [-0.2, 0) is 14.6 Å². The Bertz CT molecular complexity index is 537. The van der Waals surface area contributed by atoms with Crippen LogP contribution in [0.3, 0.4) is 0 Å². The molecule has 0 aliphatic carbocycles. The molecule has 0 radical (unpaired) electrons. The lowest BCUT2D eigenvalue weighted by Crippen LogP contribution is -2.19. The van der Waals surface area contributed by atoms with Gasteiger partial charge in [0.2, 0.25) is 0 Å². The van der Waals surface area contributed by atoms with Crippen LogP contribution in [0.2, 0.25) is 0 Å². The van der Waals surface area contributed by atoms with E-state index in [0.29, 0.717) is 12.8 Å². The first-order valence-corrected chi connectivity index (χ1v) is 7.25. The van der Waals surface area contributed by atoms with E-state index in [4.69, 9.17) is 5.11 Å². The van der Waals surface area contributed by atoms with Crippen molar-refractivity contribution in [2.24, 2.45) is 5.92 Å². The average Bonchev–Trinajstić information content (AvgIpc) is 2.53. The zero-order chi connectivity index (χ0) is 16.5. The lowest BCUT2D eigenvalue weighted by molar-refractivity contribution is -0.238. The van der Waals surface area contributed by atoms with Crippen LogP contribution in [0.4, 0.5) is 0 Å². The molecule has 0 aromatic heterocycles. The van der Waals surface area contributed by atoms with Crippen LogP contribution >= 0.6 is 0 Å². The second kappa shape index (κ2) is 8.81. The summed E-state index contributed by atoms with van der Waals surface area (Å²) in [6.45, 7) is 3.88. The van der Waals surface area contributed by atoms with Crippen molar-refractivity contribution in [3.8, 4) is 0 Å². The van der Waals surface area contributed by atoms with E-state index in [9.17, 15) is 14.4 Å². The molecule has 0 saturated heterocycles. The summed E-state index contributed by atoms with van der Waals surface area (Å²) in [6.07, 6.45) is 3.14. The Labute approximate surface area is 129 Å². The monoisotopic (exact) mass is 308 g/mol. The van der Waals surface area contributed by atoms with E-state index >= 15 is 0 Å². The number of hydrogen-bond acceptors (Lipinski definition) is 5. The fourth-order valence-corrected chi connectivity index (χ4v) is 1.91. The van der Waals surface area contributed by atoms with Gasteiger partial charge in [-0.05, 0) is 31.0 Å². The Hall–Kier alpha value is -2.37. The minimum Gasteiger partial charge on any atom is -0.478 e. The van der Waals surface area contributed by atoms with Gasteiger partial charge in [-0.3, -0.25) is 0 Å². The number of carboxylic acid groups (broad SMARTS) is 1. The fraction of sp³-hybridized carbons (Fsp3) is 0.438. The first kappa shape index (κ1) is 17.7. The van der Waals surface area contributed by atoms with Gasteiger partial charge in [0.05, 0.1) is 17.0 Å². The first-order valence-electron chi connectivity index (χ1n) is 7.25. The Balaban J connectivity index is 2.60. The lowest BCUT2D eigenvalue weighted by atomic mass is 10.00. The highest BCUT2D eigenvalue weighted by Gasteiger charge is 2.21. The van der Waals surface area contributed by atoms with E-state index in [2.05, 4.69) is 9.78 Å². The average molecular weight is 308 g/mol. The van der Waals surface area contributed by atoms with Crippen molar-refractivity contribution in [1.29, 1.82) is 0 Å². The van der Waals surface area contributed by atoms with E-state index < -0.39 is 17.9 Å². The molecular formula is C16H20O6. The van der Waals surface area contributed by atoms with Gasteiger partial charge in [0, 0.05) is 0 Å². The van der Waals surface area contributed by atoms with Crippen LogP contribution in [0.15, 0.2) is 24.3 Å². The van der Waals surface area contributed by atoms with Crippen LogP contribution in [0.5, 0.6) is 0 Å². The van der Waals surface area contributed by atoms with E-state index in [1.165, 1.54) is 18.2 Å². The molecule has 0 bridgehead atoms. The van der Waals surface area contributed by atoms with E-state index in [0.717, 1.165) is 18.9 Å². The zero-order valence-corrected chi connectivity index (χ0v) is 12.7. The van der Waals surface area contributed by atoms with Gasteiger partial charge >= 0.3 is 17.9 Å². The molecule has 0 heterocycles. The Morgan fingerprint density at radius 3 is 2.41 bits per heavy atom. The third-order valence-electron chi connectivity index (χ3n) is 3.28. The Morgan fingerprint density at radius 1 is 1.14 bits per heavy atom. The SMILES string of the molecule is CCCCC(CC)C(=O)OOC(=O)c1cccc(C(=O)O)c1. The maximum absolute atomic E-state index is 11.8. The van der Waals surface area contributed by atoms with Crippen molar-refractivity contribution in [2.45, 2.75) is 39.5 Å². The summed E-state index contributed by atoms with van der Waals surface area (Å²) in [7, 11) is 0. The van der Waals surface area contributed by atoms with Gasteiger partial charge < -0.3 is 5.11 Å². The van der Waals surface area contributed by atoms with Crippen LogP contribution in [0.1, 0.15) is 60.2 Å². The number of carboxylic acids is 1. The summed E-state index contributed by atoms with van der Waals surface area (Å²) in [4.78, 5) is 43.5. The van der Waals surface area contributed by atoms with Gasteiger partial charge in [0.1, 0.15) is 0 Å². The molecule has 1 rings (SSSR count). The van der Waals surface area contributed by atoms with Crippen molar-refractivity contribution < 1.29 is 29.3 Å². The van der Waals surface area contributed by atoms with Crippen molar-refractivity contribution >= 4 is 17.9 Å². The summed E-state index contributed by atoms with van der Waals surface area (Å²) in [5.74, 6) is -2.95. The number of carbonyl (C=O) groups excluding carboxylic acids is 2. The molecule has 1 aromatic rings. The van der Waals surface area contributed by atoms with Gasteiger partial charge in [-0.2, -0.15) is 0 Å². The number of benzene rings is 1. The smallest absolute Gasteiger partial charge is 0.386 e. The van der Waals surface area contributed by atoms with Crippen molar-refractivity contribution in [2.75, 3.05) is 0 Å². The predicted octanol–water partition coefficient (Wildman–Crippen LogP) is 3.22. The Kier molecular flexibility index (Phi) is 7.08. The highest BCUT2D eigenvalue weighted by Crippen LogP contribution is 2.15. The van der Waals surface area contributed by atoms with Gasteiger partial charge in [-0.15, -0.1) is 0 Å². The minimum atomic E-state index is -1.16. The molecule has 1 aromatic carbocycles. The quantitative estimate of drug-likeness (QED) is 0.614. The third-order valence-corrected chi connectivity index (χ3v) is 3.28. The zero-order valence-electron chi connectivity index (χ0n) is 12.7. The Morgan fingerprint density at radius 2 is 1.82 bits per heavy atom. The third kappa shape index (κ3) is 5.20. The summed E-state index contributed by atoms with van der Waals surface area (Å²) < 4.78 is 0.